The summed E-state index contributed by atoms with van der Waals surface area (Å²) in [6.07, 6.45) is 1.40. The molecule has 1 aromatic rings. The summed E-state index contributed by atoms with van der Waals surface area (Å²) in [5, 5.41) is 8.98. The Morgan fingerprint density at radius 1 is 1.35 bits per heavy atom. The first-order chi connectivity index (χ1) is 9.47. The highest BCUT2D eigenvalue weighted by Crippen LogP contribution is 2.20. The van der Waals surface area contributed by atoms with Crippen molar-refractivity contribution in [3.63, 3.8) is 0 Å². The van der Waals surface area contributed by atoms with E-state index < -0.39 is 11.9 Å². The Morgan fingerprint density at radius 2 is 2.00 bits per heavy atom. The number of carboxylic acid groups (broad SMARTS) is 1. The van der Waals surface area contributed by atoms with E-state index in [1.807, 2.05) is 19.1 Å². The number of likely N-dealkylation sites (tertiary alicyclic amines) is 1. The number of primary amides is 1. The second kappa shape index (κ2) is 6.05. The molecule has 0 aliphatic carbocycles. The number of amides is 1. The van der Waals surface area contributed by atoms with Gasteiger partial charge in [-0.3, -0.25) is 14.5 Å². The van der Waals surface area contributed by atoms with Gasteiger partial charge in [0.1, 0.15) is 0 Å². The lowest BCUT2D eigenvalue weighted by atomic mass is 9.96. The molecule has 3 N–H and O–H groups in total. The summed E-state index contributed by atoms with van der Waals surface area (Å²) in [4.78, 5) is 24.3. The normalized spacial score (nSPS) is 17.1. The molecular formula is C15H20N2O3. The van der Waals surface area contributed by atoms with Crippen molar-refractivity contribution in [1.29, 1.82) is 0 Å². The van der Waals surface area contributed by atoms with Crippen LogP contribution in [0.2, 0.25) is 0 Å². The molecule has 0 bridgehead atoms. The lowest BCUT2D eigenvalue weighted by molar-refractivity contribution is -0.143. The van der Waals surface area contributed by atoms with Gasteiger partial charge < -0.3 is 10.8 Å². The van der Waals surface area contributed by atoms with Crippen molar-refractivity contribution in [2.45, 2.75) is 26.3 Å². The van der Waals surface area contributed by atoms with Crippen LogP contribution in [0, 0.1) is 12.8 Å². The number of aliphatic carboxylic acids is 1. The minimum absolute atomic E-state index is 0.204. The number of benzene rings is 1. The highest BCUT2D eigenvalue weighted by atomic mass is 16.4. The molecule has 1 aliphatic heterocycles. The Balaban J connectivity index is 1.98. The molecule has 5 heteroatoms. The molecule has 108 valence electrons. The fourth-order valence-electron chi connectivity index (χ4n) is 2.61. The number of nitrogens with zero attached hydrogens (tertiary/aromatic N) is 1. The summed E-state index contributed by atoms with van der Waals surface area (Å²) in [6, 6.07) is 5.48. The van der Waals surface area contributed by atoms with Crippen molar-refractivity contribution in [3.8, 4) is 0 Å². The highest BCUT2D eigenvalue weighted by molar-refractivity contribution is 5.93. The molecule has 2 rings (SSSR count). The van der Waals surface area contributed by atoms with Crippen LogP contribution in [-0.4, -0.2) is 35.0 Å². The SMILES string of the molecule is Cc1cc(C(N)=O)ccc1CN1CCC(C(=O)O)CC1. The minimum atomic E-state index is -0.688. The zero-order valence-corrected chi connectivity index (χ0v) is 11.6. The van der Waals surface area contributed by atoms with Gasteiger partial charge in [0, 0.05) is 12.1 Å². The van der Waals surface area contributed by atoms with Gasteiger partial charge in [-0.15, -0.1) is 0 Å². The molecule has 1 heterocycles. The molecule has 0 spiro atoms. The van der Waals surface area contributed by atoms with Crippen LogP contribution in [0.3, 0.4) is 0 Å². The van der Waals surface area contributed by atoms with Gasteiger partial charge in [0.15, 0.2) is 0 Å². The zero-order chi connectivity index (χ0) is 14.7. The molecule has 0 radical (unpaired) electrons. The predicted octanol–water partition coefficient (Wildman–Crippen LogP) is 1.39. The molecule has 0 aromatic heterocycles. The summed E-state index contributed by atoms with van der Waals surface area (Å²) in [5.41, 5.74) is 7.98. The van der Waals surface area contributed by atoms with Crippen LogP contribution in [0.1, 0.15) is 34.3 Å². The summed E-state index contributed by atoms with van der Waals surface area (Å²) in [5.74, 6) is -1.31. The number of aryl methyl sites for hydroxylation is 1. The third-order valence-corrected chi connectivity index (χ3v) is 3.96. The van der Waals surface area contributed by atoms with Gasteiger partial charge in [-0.05, 0) is 56.1 Å². The predicted molar refractivity (Wildman–Crippen MR) is 75.3 cm³/mol. The van der Waals surface area contributed by atoms with Crippen LogP contribution >= 0.6 is 0 Å². The molecule has 1 aromatic carbocycles. The maximum atomic E-state index is 11.1. The first-order valence-corrected chi connectivity index (χ1v) is 6.82. The molecule has 0 saturated carbocycles. The topological polar surface area (TPSA) is 83.6 Å². The van der Waals surface area contributed by atoms with E-state index in [4.69, 9.17) is 10.8 Å². The van der Waals surface area contributed by atoms with E-state index in [1.165, 1.54) is 0 Å². The lowest BCUT2D eigenvalue weighted by Crippen LogP contribution is -2.36. The van der Waals surface area contributed by atoms with Crippen LogP contribution in [0.4, 0.5) is 0 Å². The first kappa shape index (κ1) is 14.5. The molecule has 1 amide bonds. The average Bonchev–Trinajstić information content (AvgIpc) is 2.41. The standard InChI is InChI=1S/C15H20N2O3/c1-10-8-12(14(16)18)2-3-13(10)9-17-6-4-11(5-7-17)15(19)20/h2-3,8,11H,4-7,9H2,1H3,(H2,16,18)(H,19,20). The lowest BCUT2D eigenvalue weighted by Gasteiger charge is -2.30. The number of carbonyl (C=O) groups is 2. The van der Waals surface area contributed by atoms with Crippen molar-refractivity contribution in [3.05, 3.63) is 34.9 Å². The number of piperidine rings is 1. The van der Waals surface area contributed by atoms with E-state index in [0.29, 0.717) is 18.4 Å². The molecule has 20 heavy (non-hydrogen) atoms. The van der Waals surface area contributed by atoms with Gasteiger partial charge in [0.2, 0.25) is 5.91 Å². The quantitative estimate of drug-likeness (QED) is 0.870. The molecule has 5 nitrogen and oxygen atoms in total. The summed E-state index contributed by atoms with van der Waals surface area (Å²) < 4.78 is 0. The maximum Gasteiger partial charge on any atom is 0.306 e. The van der Waals surface area contributed by atoms with Gasteiger partial charge in [0.05, 0.1) is 5.92 Å². The van der Waals surface area contributed by atoms with E-state index >= 15 is 0 Å². The number of nitrogens with two attached hydrogens (primary N) is 1. The second-order valence-electron chi connectivity index (χ2n) is 5.39. The van der Waals surface area contributed by atoms with E-state index in [1.54, 1.807) is 6.07 Å². The fourth-order valence-corrected chi connectivity index (χ4v) is 2.61. The monoisotopic (exact) mass is 276 g/mol. The molecule has 0 atom stereocenters. The smallest absolute Gasteiger partial charge is 0.306 e. The number of rotatable bonds is 4. The van der Waals surface area contributed by atoms with Crippen molar-refractivity contribution >= 4 is 11.9 Å². The Kier molecular flexibility index (Phi) is 4.39. The third-order valence-electron chi connectivity index (χ3n) is 3.96. The van der Waals surface area contributed by atoms with Crippen molar-refractivity contribution in [2.75, 3.05) is 13.1 Å². The van der Waals surface area contributed by atoms with Crippen LogP contribution in [0.5, 0.6) is 0 Å². The van der Waals surface area contributed by atoms with E-state index in [9.17, 15) is 9.59 Å². The van der Waals surface area contributed by atoms with Crippen molar-refractivity contribution in [1.82, 2.24) is 4.90 Å². The Labute approximate surface area is 118 Å². The minimum Gasteiger partial charge on any atom is -0.481 e. The molecule has 1 saturated heterocycles. The largest absolute Gasteiger partial charge is 0.481 e. The van der Waals surface area contributed by atoms with E-state index in [2.05, 4.69) is 4.90 Å². The molecule has 0 unspecified atom stereocenters. The summed E-state index contributed by atoms with van der Waals surface area (Å²) in [6.45, 7) is 4.35. The van der Waals surface area contributed by atoms with E-state index in [-0.39, 0.29) is 5.92 Å². The van der Waals surface area contributed by atoms with Crippen LogP contribution in [-0.2, 0) is 11.3 Å². The maximum absolute atomic E-state index is 11.1. The second-order valence-corrected chi connectivity index (χ2v) is 5.39. The highest BCUT2D eigenvalue weighted by Gasteiger charge is 2.24. The average molecular weight is 276 g/mol. The van der Waals surface area contributed by atoms with Gasteiger partial charge in [-0.2, -0.15) is 0 Å². The van der Waals surface area contributed by atoms with Crippen molar-refractivity contribution in [2.24, 2.45) is 11.7 Å². The number of carboxylic acids is 1. The Morgan fingerprint density at radius 3 is 2.50 bits per heavy atom. The van der Waals surface area contributed by atoms with Crippen LogP contribution in [0.15, 0.2) is 18.2 Å². The van der Waals surface area contributed by atoms with Gasteiger partial charge in [-0.25, -0.2) is 0 Å². The van der Waals surface area contributed by atoms with Gasteiger partial charge in [-0.1, -0.05) is 6.07 Å². The number of hydrogen-bond donors (Lipinski definition) is 2. The fraction of sp³-hybridized carbons (Fsp3) is 0.467. The number of carbonyl (C=O) groups excluding carboxylic acids is 1. The molecular weight excluding hydrogens is 256 g/mol. The summed E-state index contributed by atoms with van der Waals surface area (Å²) in [7, 11) is 0. The first-order valence-electron chi connectivity index (χ1n) is 6.82. The Bertz CT molecular complexity index is 520. The van der Waals surface area contributed by atoms with Crippen molar-refractivity contribution < 1.29 is 14.7 Å². The zero-order valence-electron chi connectivity index (χ0n) is 11.6. The molecule has 1 aliphatic rings. The Hall–Kier alpha value is -1.88. The third kappa shape index (κ3) is 3.36. The number of hydrogen-bond acceptors (Lipinski definition) is 3. The van der Waals surface area contributed by atoms with Crippen LogP contribution < -0.4 is 5.73 Å². The van der Waals surface area contributed by atoms with E-state index in [0.717, 1.165) is 30.8 Å². The van der Waals surface area contributed by atoms with Crippen LogP contribution in [0.25, 0.3) is 0 Å². The van der Waals surface area contributed by atoms with Gasteiger partial charge in [0.25, 0.3) is 0 Å². The summed E-state index contributed by atoms with van der Waals surface area (Å²) >= 11 is 0. The molecule has 1 fully saturated rings. The van der Waals surface area contributed by atoms with Gasteiger partial charge >= 0.3 is 5.97 Å².